The molecule has 0 amide bonds. The largest absolute Gasteiger partial charge is 0.482 e. The van der Waals surface area contributed by atoms with Crippen LogP contribution in [0.4, 0.5) is 18.9 Å². The topological polar surface area (TPSA) is 60.2 Å². The van der Waals surface area contributed by atoms with E-state index in [-0.39, 0.29) is 5.75 Å². The second kappa shape index (κ2) is 4.69. The average molecular weight is 257 g/mol. The molecule has 0 fully saturated rings. The number of nitrogen functional groups attached to an aromatic ring is 1. The number of aromatic nitrogens is 1. The maximum Gasteiger partial charge on any atom is 0.422 e. The van der Waals surface area contributed by atoms with Crippen LogP contribution >= 0.6 is 0 Å². The maximum atomic E-state index is 12.1. The van der Waals surface area contributed by atoms with E-state index in [1.165, 1.54) is 12.3 Å². The van der Waals surface area contributed by atoms with Crippen molar-refractivity contribution in [2.75, 3.05) is 12.0 Å². The van der Waals surface area contributed by atoms with Crippen molar-refractivity contribution in [3.05, 3.63) is 30.5 Å². The number of ether oxygens (including phenoxy) is 1. The third kappa shape index (κ3) is 2.62. The van der Waals surface area contributed by atoms with E-state index in [1.807, 2.05) is 0 Å². The summed E-state index contributed by atoms with van der Waals surface area (Å²) < 4.78 is 41.1. The van der Waals surface area contributed by atoms with Crippen molar-refractivity contribution in [1.29, 1.82) is 0 Å². The van der Waals surface area contributed by atoms with Gasteiger partial charge in [0.2, 0.25) is 0 Å². The SMILES string of the molecule is NNc1ccnc2c(OCC(F)(F)F)cccc12. The number of pyridine rings is 1. The molecule has 0 bridgehead atoms. The Hall–Kier alpha value is -2.02. The fraction of sp³-hybridized carbons (Fsp3) is 0.182. The van der Waals surface area contributed by atoms with Crippen LogP contribution in [0.25, 0.3) is 10.9 Å². The second-order valence-electron chi connectivity index (χ2n) is 3.56. The molecule has 0 aliphatic carbocycles. The average Bonchev–Trinajstić information content (AvgIpc) is 2.34. The van der Waals surface area contributed by atoms with Gasteiger partial charge in [0, 0.05) is 11.6 Å². The van der Waals surface area contributed by atoms with Crippen LogP contribution < -0.4 is 16.0 Å². The van der Waals surface area contributed by atoms with Crippen molar-refractivity contribution in [1.82, 2.24) is 4.98 Å². The molecule has 18 heavy (non-hydrogen) atoms. The number of hydrogen-bond donors (Lipinski definition) is 2. The van der Waals surface area contributed by atoms with Gasteiger partial charge in [0.25, 0.3) is 0 Å². The summed E-state index contributed by atoms with van der Waals surface area (Å²) in [4.78, 5) is 4.00. The highest BCUT2D eigenvalue weighted by atomic mass is 19.4. The number of anilines is 1. The van der Waals surface area contributed by atoms with Crippen molar-refractivity contribution in [2.24, 2.45) is 5.84 Å². The first-order chi connectivity index (χ1) is 8.51. The van der Waals surface area contributed by atoms with Gasteiger partial charge in [-0.15, -0.1) is 0 Å². The Kier molecular flexibility index (Phi) is 3.24. The lowest BCUT2D eigenvalue weighted by Crippen LogP contribution is -2.19. The van der Waals surface area contributed by atoms with Gasteiger partial charge in [-0.05, 0) is 12.1 Å². The zero-order valence-corrected chi connectivity index (χ0v) is 9.16. The number of nitrogens with two attached hydrogens (primary N) is 1. The van der Waals surface area contributed by atoms with Gasteiger partial charge in [0.15, 0.2) is 6.61 Å². The van der Waals surface area contributed by atoms with Crippen LogP contribution in [0.1, 0.15) is 0 Å². The highest BCUT2D eigenvalue weighted by Gasteiger charge is 2.28. The molecule has 7 heteroatoms. The number of benzene rings is 1. The van der Waals surface area contributed by atoms with E-state index in [0.717, 1.165) is 0 Å². The Bertz CT molecular complexity index is 557. The minimum atomic E-state index is -4.38. The van der Waals surface area contributed by atoms with Gasteiger partial charge in [0.1, 0.15) is 11.3 Å². The summed E-state index contributed by atoms with van der Waals surface area (Å²) in [6, 6.07) is 6.33. The lowest BCUT2D eigenvalue weighted by Gasteiger charge is -2.12. The molecule has 2 aromatic rings. The Balaban J connectivity index is 2.40. The fourth-order valence-corrected chi connectivity index (χ4v) is 1.55. The number of nitrogens with one attached hydrogen (secondary N) is 1. The molecule has 0 unspecified atom stereocenters. The smallest absolute Gasteiger partial charge is 0.422 e. The van der Waals surface area contributed by atoms with Crippen molar-refractivity contribution in [2.45, 2.75) is 6.18 Å². The summed E-state index contributed by atoms with van der Waals surface area (Å²) in [6.07, 6.45) is -2.94. The highest BCUT2D eigenvalue weighted by molar-refractivity contribution is 5.94. The number of nitrogens with zero attached hydrogens (tertiary/aromatic N) is 1. The first kappa shape index (κ1) is 12.4. The molecule has 1 heterocycles. The number of alkyl halides is 3. The van der Waals surface area contributed by atoms with Gasteiger partial charge in [0.05, 0.1) is 5.69 Å². The standard InChI is InChI=1S/C11H10F3N3O/c12-11(13,14)6-18-9-3-1-2-7-8(17-15)4-5-16-10(7)9/h1-5H,6,15H2,(H,16,17). The van der Waals surface area contributed by atoms with Crippen LogP contribution in [0.2, 0.25) is 0 Å². The first-order valence-corrected chi connectivity index (χ1v) is 5.05. The minimum Gasteiger partial charge on any atom is -0.482 e. The van der Waals surface area contributed by atoms with Crippen molar-refractivity contribution >= 4 is 16.6 Å². The molecule has 2 rings (SSSR count). The summed E-state index contributed by atoms with van der Waals surface area (Å²) in [5, 5.41) is 0.597. The van der Waals surface area contributed by atoms with E-state index in [4.69, 9.17) is 10.6 Å². The summed E-state index contributed by atoms with van der Waals surface area (Å²) in [5.41, 5.74) is 3.35. The monoisotopic (exact) mass is 257 g/mol. The van der Waals surface area contributed by atoms with Gasteiger partial charge in [-0.25, -0.2) is 0 Å². The van der Waals surface area contributed by atoms with Gasteiger partial charge < -0.3 is 10.2 Å². The van der Waals surface area contributed by atoms with Crippen LogP contribution in [0.3, 0.4) is 0 Å². The number of hydrazine groups is 1. The van der Waals surface area contributed by atoms with Gasteiger partial charge in [-0.1, -0.05) is 12.1 Å². The van der Waals surface area contributed by atoms with E-state index in [2.05, 4.69) is 10.4 Å². The molecule has 96 valence electrons. The lowest BCUT2D eigenvalue weighted by molar-refractivity contribution is -0.153. The molecule has 0 saturated heterocycles. The van der Waals surface area contributed by atoms with Crippen LogP contribution in [0.5, 0.6) is 5.75 Å². The third-order valence-electron chi connectivity index (χ3n) is 2.28. The number of hydrogen-bond acceptors (Lipinski definition) is 4. The predicted molar refractivity (Wildman–Crippen MR) is 61.1 cm³/mol. The minimum absolute atomic E-state index is 0.0712. The van der Waals surface area contributed by atoms with Crippen LogP contribution in [0.15, 0.2) is 30.5 Å². The zero-order chi connectivity index (χ0) is 13.2. The molecule has 0 aliphatic heterocycles. The summed E-state index contributed by atoms with van der Waals surface area (Å²) >= 11 is 0. The zero-order valence-electron chi connectivity index (χ0n) is 9.16. The number of rotatable bonds is 3. The third-order valence-corrected chi connectivity index (χ3v) is 2.28. The maximum absolute atomic E-state index is 12.1. The van der Waals surface area contributed by atoms with E-state index in [9.17, 15) is 13.2 Å². The predicted octanol–water partition coefficient (Wildman–Crippen LogP) is 2.46. The molecule has 3 N–H and O–H groups in total. The molecular weight excluding hydrogens is 247 g/mol. The Morgan fingerprint density at radius 1 is 1.28 bits per heavy atom. The van der Waals surface area contributed by atoms with Gasteiger partial charge in [-0.2, -0.15) is 13.2 Å². The second-order valence-corrected chi connectivity index (χ2v) is 3.56. The van der Waals surface area contributed by atoms with Crippen LogP contribution in [0, 0.1) is 0 Å². The molecule has 0 radical (unpaired) electrons. The summed E-state index contributed by atoms with van der Waals surface area (Å²) in [5.74, 6) is 5.38. The quantitative estimate of drug-likeness (QED) is 0.655. The van der Waals surface area contributed by atoms with E-state index >= 15 is 0 Å². The fourth-order valence-electron chi connectivity index (χ4n) is 1.55. The van der Waals surface area contributed by atoms with Gasteiger partial charge >= 0.3 is 6.18 Å². The molecule has 1 aromatic heterocycles. The molecule has 0 spiro atoms. The summed E-state index contributed by atoms with van der Waals surface area (Å²) in [7, 11) is 0. The number of fused-ring (bicyclic) bond motifs is 1. The highest BCUT2D eigenvalue weighted by Crippen LogP contribution is 2.29. The van der Waals surface area contributed by atoms with Crippen molar-refractivity contribution in [3.8, 4) is 5.75 Å². The summed E-state index contributed by atoms with van der Waals surface area (Å²) in [6.45, 7) is -1.35. The Morgan fingerprint density at radius 3 is 2.72 bits per heavy atom. The van der Waals surface area contributed by atoms with Crippen molar-refractivity contribution < 1.29 is 17.9 Å². The normalized spacial score (nSPS) is 11.6. The lowest BCUT2D eigenvalue weighted by atomic mass is 10.2. The molecule has 0 aliphatic rings. The molecule has 4 nitrogen and oxygen atoms in total. The van der Waals surface area contributed by atoms with Gasteiger partial charge in [-0.3, -0.25) is 10.8 Å². The Morgan fingerprint density at radius 2 is 2.06 bits per heavy atom. The first-order valence-electron chi connectivity index (χ1n) is 5.05. The van der Waals surface area contributed by atoms with Crippen LogP contribution in [-0.4, -0.2) is 17.8 Å². The number of para-hydroxylation sites is 1. The van der Waals surface area contributed by atoms with E-state index in [0.29, 0.717) is 16.6 Å². The van der Waals surface area contributed by atoms with Crippen molar-refractivity contribution in [3.63, 3.8) is 0 Å². The van der Waals surface area contributed by atoms with E-state index in [1.54, 1.807) is 18.2 Å². The molecular formula is C11H10F3N3O. The molecule has 1 aromatic carbocycles. The van der Waals surface area contributed by atoms with Crippen LogP contribution in [-0.2, 0) is 0 Å². The molecule has 0 atom stereocenters. The molecule has 0 saturated carbocycles. The van der Waals surface area contributed by atoms with E-state index < -0.39 is 12.8 Å². The Labute approximate surface area is 101 Å². The number of halogens is 3.